The molecule has 124 valence electrons. The first-order chi connectivity index (χ1) is 11.6. The van der Waals surface area contributed by atoms with Gasteiger partial charge in [0.25, 0.3) is 5.69 Å². The van der Waals surface area contributed by atoms with Gasteiger partial charge in [-0.1, -0.05) is 18.2 Å². The Kier molecular flexibility index (Phi) is 4.43. The van der Waals surface area contributed by atoms with E-state index in [9.17, 15) is 10.1 Å². The standard InChI is InChI=1S/C17H18N4O3/c1-20(10-12-5-3-4-6-16(12)24-2)11-17-18-14-8-7-13(21(22)23)9-15(14)19-17/h3-9H,10-11H2,1-2H3,(H,18,19). The molecule has 0 radical (unpaired) electrons. The van der Waals surface area contributed by atoms with E-state index >= 15 is 0 Å². The normalized spacial score (nSPS) is 11.1. The predicted octanol–water partition coefficient (Wildman–Crippen LogP) is 3.11. The second-order valence-corrected chi connectivity index (χ2v) is 5.63. The van der Waals surface area contributed by atoms with Crippen molar-refractivity contribution in [2.24, 2.45) is 0 Å². The number of non-ortho nitro benzene ring substituents is 1. The first-order valence-electron chi connectivity index (χ1n) is 7.50. The summed E-state index contributed by atoms with van der Waals surface area (Å²) in [7, 11) is 3.65. The first kappa shape index (κ1) is 15.9. The Hall–Kier alpha value is -2.93. The number of benzene rings is 2. The maximum absolute atomic E-state index is 10.8. The Morgan fingerprint density at radius 2 is 2.04 bits per heavy atom. The number of aromatic amines is 1. The van der Waals surface area contributed by atoms with E-state index in [4.69, 9.17) is 4.74 Å². The molecule has 0 aliphatic carbocycles. The van der Waals surface area contributed by atoms with Crippen molar-refractivity contribution < 1.29 is 9.66 Å². The van der Waals surface area contributed by atoms with Gasteiger partial charge in [-0.25, -0.2) is 4.98 Å². The molecule has 0 saturated carbocycles. The van der Waals surface area contributed by atoms with Crippen LogP contribution in [0.1, 0.15) is 11.4 Å². The predicted molar refractivity (Wildman–Crippen MR) is 90.9 cm³/mol. The van der Waals surface area contributed by atoms with E-state index in [0.29, 0.717) is 18.6 Å². The number of nitrogens with zero attached hydrogens (tertiary/aromatic N) is 3. The number of nitro benzene ring substituents is 1. The van der Waals surface area contributed by atoms with Crippen molar-refractivity contribution in [2.45, 2.75) is 13.1 Å². The van der Waals surface area contributed by atoms with Gasteiger partial charge < -0.3 is 9.72 Å². The minimum atomic E-state index is -0.409. The highest BCUT2D eigenvalue weighted by atomic mass is 16.6. The summed E-state index contributed by atoms with van der Waals surface area (Å²) in [6.07, 6.45) is 0. The van der Waals surface area contributed by atoms with Crippen molar-refractivity contribution in [3.8, 4) is 5.75 Å². The summed E-state index contributed by atoms with van der Waals surface area (Å²) in [5.74, 6) is 1.62. The highest BCUT2D eigenvalue weighted by molar-refractivity contribution is 5.77. The number of hydrogen-bond donors (Lipinski definition) is 1. The van der Waals surface area contributed by atoms with Gasteiger partial charge >= 0.3 is 0 Å². The fourth-order valence-corrected chi connectivity index (χ4v) is 2.67. The topological polar surface area (TPSA) is 84.3 Å². The van der Waals surface area contributed by atoms with Crippen molar-refractivity contribution in [1.29, 1.82) is 0 Å². The number of methoxy groups -OCH3 is 1. The van der Waals surface area contributed by atoms with Gasteiger partial charge in [-0.3, -0.25) is 15.0 Å². The summed E-state index contributed by atoms with van der Waals surface area (Å²) in [6, 6.07) is 12.5. The molecule has 0 atom stereocenters. The summed E-state index contributed by atoms with van der Waals surface area (Å²) >= 11 is 0. The van der Waals surface area contributed by atoms with E-state index in [0.717, 1.165) is 22.7 Å². The summed E-state index contributed by atoms with van der Waals surface area (Å²) in [4.78, 5) is 20.2. The molecule has 0 unspecified atom stereocenters. The molecular weight excluding hydrogens is 308 g/mol. The van der Waals surface area contributed by atoms with Crippen LogP contribution >= 0.6 is 0 Å². The molecule has 0 saturated heterocycles. The molecule has 0 aliphatic heterocycles. The summed E-state index contributed by atoms with van der Waals surface area (Å²) in [6.45, 7) is 1.31. The number of hydrogen-bond acceptors (Lipinski definition) is 5. The van der Waals surface area contributed by atoms with Gasteiger partial charge in [0.05, 0.1) is 29.6 Å². The zero-order valence-corrected chi connectivity index (χ0v) is 13.5. The molecule has 1 N–H and O–H groups in total. The Labute approximate surface area is 139 Å². The zero-order valence-electron chi connectivity index (χ0n) is 13.5. The quantitative estimate of drug-likeness (QED) is 0.556. The van der Waals surface area contributed by atoms with Crippen LogP contribution in [0.4, 0.5) is 5.69 Å². The van der Waals surface area contributed by atoms with E-state index in [-0.39, 0.29) is 5.69 Å². The summed E-state index contributed by atoms with van der Waals surface area (Å²) in [5, 5.41) is 10.8. The van der Waals surface area contributed by atoms with Crippen molar-refractivity contribution in [3.63, 3.8) is 0 Å². The minimum absolute atomic E-state index is 0.0556. The monoisotopic (exact) mass is 326 g/mol. The average Bonchev–Trinajstić information content (AvgIpc) is 2.96. The number of rotatable bonds is 6. The van der Waals surface area contributed by atoms with E-state index < -0.39 is 4.92 Å². The fraction of sp³-hybridized carbons (Fsp3) is 0.235. The second kappa shape index (κ2) is 6.67. The molecule has 0 fully saturated rings. The number of H-pyrrole nitrogens is 1. The number of aromatic nitrogens is 2. The van der Waals surface area contributed by atoms with Crippen molar-refractivity contribution >= 4 is 16.7 Å². The molecule has 1 heterocycles. The summed E-state index contributed by atoms with van der Waals surface area (Å²) < 4.78 is 5.37. The Morgan fingerprint density at radius 3 is 2.79 bits per heavy atom. The van der Waals surface area contributed by atoms with Gasteiger partial charge in [0.2, 0.25) is 0 Å². The van der Waals surface area contributed by atoms with Gasteiger partial charge in [-0.15, -0.1) is 0 Å². The maximum atomic E-state index is 10.8. The maximum Gasteiger partial charge on any atom is 0.271 e. The lowest BCUT2D eigenvalue weighted by atomic mass is 10.2. The SMILES string of the molecule is COc1ccccc1CN(C)Cc1nc2ccc([N+](=O)[O-])cc2[nH]1. The third-order valence-corrected chi connectivity index (χ3v) is 3.78. The highest BCUT2D eigenvalue weighted by Crippen LogP contribution is 2.21. The molecule has 0 aliphatic rings. The lowest BCUT2D eigenvalue weighted by Crippen LogP contribution is -2.18. The van der Waals surface area contributed by atoms with Crippen LogP contribution in [-0.2, 0) is 13.1 Å². The Bertz CT molecular complexity index is 875. The van der Waals surface area contributed by atoms with Crippen molar-refractivity contribution in [2.75, 3.05) is 14.2 Å². The van der Waals surface area contributed by atoms with Crippen LogP contribution in [0.5, 0.6) is 5.75 Å². The number of fused-ring (bicyclic) bond motifs is 1. The first-order valence-corrected chi connectivity index (χ1v) is 7.50. The molecule has 3 aromatic rings. The van der Waals surface area contributed by atoms with Crippen LogP contribution in [0, 0.1) is 10.1 Å². The average molecular weight is 326 g/mol. The van der Waals surface area contributed by atoms with Gasteiger partial charge in [0, 0.05) is 24.2 Å². The van der Waals surface area contributed by atoms with Gasteiger partial charge in [0.1, 0.15) is 11.6 Å². The molecule has 0 bridgehead atoms. The molecule has 3 rings (SSSR count). The molecule has 24 heavy (non-hydrogen) atoms. The van der Waals surface area contributed by atoms with Gasteiger partial charge in [-0.2, -0.15) is 0 Å². The smallest absolute Gasteiger partial charge is 0.271 e. The third kappa shape index (κ3) is 3.36. The van der Waals surface area contributed by atoms with Crippen LogP contribution in [0.3, 0.4) is 0 Å². The summed E-state index contributed by atoms with van der Waals surface area (Å²) in [5.41, 5.74) is 2.54. The van der Waals surface area contributed by atoms with E-state index in [1.54, 1.807) is 13.2 Å². The molecule has 1 aromatic heterocycles. The fourth-order valence-electron chi connectivity index (χ4n) is 2.67. The van der Waals surface area contributed by atoms with Gasteiger partial charge in [-0.05, 0) is 19.2 Å². The van der Waals surface area contributed by atoms with Crippen molar-refractivity contribution in [3.05, 3.63) is 64.0 Å². The van der Waals surface area contributed by atoms with E-state index in [1.807, 2.05) is 31.3 Å². The van der Waals surface area contributed by atoms with Crippen LogP contribution in [-0.4, -0.2) is 33.9 Å². The van der Waals surface area contributed by atoms with Crippen molar-refractivity contribution in [1.82, 2.24) is 14.9 Å². The van der Waals surface area contributed by atoms with E-state index in [2.05, 4.69) is 14.9 Å². The molecule has 2 aromatic carbocycles. The van der Waals surface area contributed by atoms with E-state index in [1.165, 1.54) is 12.1 Å². The Balaban J connectivity index is 1.75. The second-order valence-electron chi connectivity index (χ2n) is 5.63. The van der Waals surface area contributed by atoms with Crippen LogP contribution < -0.4 is 4.74 Å². The van der Waals surface area contributed by atoms with Gasteiger partial charge in [0.15, 0.2) is 0 Å². The number of ether oxygens (including phenoxy) is 1. The zero-order chi connectivity index (χ0) is 17.1. The number of nitro groups is 1. The van der Waals surface area contributed by atoms with Crippen LogP contribution in [0.2, 0.25) is 0 Å². The number of nitrogens with one attached hydrogen (secondary N) is 1. The Morgan fingerprint density at radius 1 is 1.25 bits per heavy atom. The number of imidazole rings is 1. The molecule has 7 heteroatoms. The highest BCUT2D eigenvalue weighted by Gasteiger charge is 2.12. The molecule has 0 amide bonds. The molecular formula is C17H18N4O3. The lowest BCUT2D eigenvalue weighted by Gasteiger charge is -2.17. The number of para-hydroxylation sites is 1. The largest absolute Gasteiger partial charge is 0.496 e. The molecule has 7 nitrogen and oxygen atoms in total. The van der Waals surface area contributed by atoms with Crippen LogP contribution in [0.15, 0.2) is 42.5 Å². The minimum Gasteiger partial charge on any atom is -0.496 e. The lowest BCUT2D eigenvalue weighted by molar-refractivity contribution is -0.384. The third-order valence-electron chi connectivity index (χ3n) is 3.78. The molecule has 0 spiro atoms. The van der Waals surface area contributed by atoms with Crippen LogP contribution in [0.25, 0.3) is 11.0 Å².